The molecule has 1 aromatic carbocycles. The van der Waals surface area contributed by atoms with Crippen molar-refractivity contribution in [3.8, 4) is 22.9 Å². The van der Waals surface area contributed by atoms with Crippen molar-refractivity contribution in [2.24, 2.45) is 0 Å². The van der Waals surface area contributed by atoms with Crippen LogP contribution in [0.1, 0.15) is 30.5 Å². The number of anilines is 3. The van der Waals surface area contributed by atoms with Crippen LogP contribution in [0.3, 0.4) is 0 Å². The molecule has 1 atom stereocenters. The number of aliphatic hydroxyl groups is 1. The molecule has 1 aliphatic heterocycles. The van der Waals surface area contributed by atoms with Gasteiger partial charge < -0.3 is 34.1 Å². The van der Waals surface area contributed by atoms with Gasteiger partial charge in [-0.25, -0.2) is 9.97 Å². The molecule has 180 valence electrons. The molecule has 1 fully saturated rings. The smallest absolute Gasteiger partial charge is 0.230 e. The average Bonchev–Trinajstić information content (AvgIpc) is 3.63. The molecule has 0 radical (unpaired) electrons. The first-order chi connectivity index (χ1) is 16.6. The SMILES string of the molecule is COc1cc(-n2cnc(Nc3nc4c(c(N5CCC[C@H]5CO)n3)CCC4)c2)cc(OC)c1OC. The molecule has 2 aromatic heterocycles. The minimum Gasteiger partial charge on any atom is -0.493 e. The zero-order chi connectivity index (χ0) is 23.7. The maximum atomic E-state index is 9.83. The molecule has 0 spiro atoms. The van der Waals surface area contributed by atoms with Crippen molar-refractivity contribution >= 4 is 17.6 Å². The van der Waals surface area contributed by atoms with Gasteiger partial charge in [-0.05, 0) is 32.1 Å². The molecule has 3 heterocycles. The van der Waals surface area contributed by atoms with E-state index in [1.807, 2.05) is 22.9 Å². The Hall–Kier alpha value is -3.53. The van der Waals surface area contributed by atoms with Crippen LogP contribution in [-0.2, 0) is 12.8 Å². The van der Waals surface area contributed by atoms with Crippen molar-refractivity contribution in [1.29, 1.82) is 0 Å². The molecule has 0 unspecified atom stereocenters. The summed E-state index contributed by atoms with van der Waals surface area (Å²) < 4.78 is 18.2. The first-order valence-electron chi connectivity index (χ1n) is 11.5. The van der Waals surface area contributed by atoms with Crippen LogP contribution in [0, 0.1) is 0 Å². The highest BCUT2D eigenvalue weighted by molar-refractivity contribution is 5.60. The molecule has 0 amide bonds. The molecule has 2 N–H and O–H groups in total. The largest absolute Gasteiger partial charge is 0.493 e. The molecule has 2 aliphatic rings. The number of fused-ring (bicyclic) bond motifs is 1. The van der Waals surface area contributed by atoms with Crippen LogP contribution >= 0.6 is 0 Å². The van der Waals surface area contributed by atoms with Gasteiger partial charge in [-0.3, -0.25) is 0 Å². The summed E-state index contributed by atoms with van der Waals surface area (Å²) in [5.74, 6) is 3.76. The zero-order valence-corrected chi connectivity index (χ0v) is 19.7. The van der Waals surface area contributed by atoms with Crippen molar-refractivity contribution in [1.82, 2.24) is 19.5 Å². The second-order valence-electron chi connectivity index (χ2n) is 8.50. The topological polar surface area (TPSA) is 107 Å². The number of benzene rings is 1. The van der Waals surface area contributed by atoms with Crippen molar-refractivity contribution < 1.29 is 19.3 Å². The number of ether oxygens (including phenoxy) is 3. The zero-order valence-electron chi connectivity index (χ0n) is 19.7. The lowest BCUT2D eigenvalue weighted by Gasteiger charge is -2.26. The maximum absolute atomic E-state index is 9.83. The van der Waals surface area contributed by atoms with Gasteiger partial charge in [0.15, 0.2) is 17.3 Å². The standard InChI is InChI=1S/C24H30N6O4/c1-32-19-10-16(11-20(33-2)22(19)34-3)29-12-21(25-14-29)27-24-26-18-8-4-7-17(18)23(28-24)30-9-5-6-15(30)13-31/h10-12,14-15,31H,4-9,13H2,1-3H3,(H,26,27,28)/t15-/m0/s1. The normalized spacial score (nSPS) is 17.1. The summed E-state index contributed by atoms with van der Waals surface area (Å²) in [6.45, 7) is 1.05. The van der Waals surface area contributed by atoms with Crippen LogP contribution < -0.4 is 24.4 Å². The minimum absolute atomic E-state index is 0.117. The fourth-order valence-corrected chi connectivity index (χ4v) is 4.87. The number of methoxy groups -OCH3 is 3. The van der Waals surface area contributed by atoms with E-state index in [0.717, 1.165) is 55.8 Å². The monoisotopic (exact) mass is 466 g/mol. The Morgan fingerprint density at radius 1 is 1.06 bits per heavy atom. The molecule has 1 aliphatic carbocycles. The van der Waals surface area contributed by atoms with E-state index in [4.69, 9.17) is 24.2 Å². The van der Waals surface area contributed by atoms with Crippen LogP contribution in [0.25, 0.3) is 5.69 Å². The molecule has 0 bridgehead atoms. The molecular formula is C24H30N6O4. The van der Waals surface area contributed by atoms with Gasteiger partial charge in [0.1, 0.15) is 12.1 Å². The van der Waals surface area contributed by atoms with Crippen LogP contribution in [0.4, 0.5) is 17.6 Å². The van der Waals surface area contributed by atoms with E-state index in [9.17, 15) is 5.11 Å². The number of aliphatic hydroxyl groups excluding tert-OH is 1. The molecule has 10 heteroatoms. The Balaban J connectivity index is 1.44. The van der Waals surface area contributed by atoms with Gasteiger partial charge in [-0.1, -0.05) is 0 Å². The first-order valence-corrected chi connectivity index (χ1v) is 11.5. The third kappa shape index (κ3) is 3.98. The number of nitrogens with zero attached hydrogens (tertiary/aromatic N) is 5. The van der Waals surface area contributed by atoms with Gasteiger partial charge in [-0.2, -0.15) is 4.98 Å². The van der Waals surface area contributed by atoms with E-state index in [-0.39, 0.29) is 12.6 Å². The minimum atomic E-state index is 0.117. The van der Waals surface area contributed by atoms with Crippen LogP contribution in [-0.4, -0.2) is 65.1 Å². The predicted octanol–water partition coefficient (Wildman–Crippen LogP) is 2.88. The Morgan fingerprint density at radius 2 is 1.85 bits per heavy atom. The fourth-order valence-electron chi connectivity index (χ4n) is 4.87. The number of hydrogen-bond donors (Lipinski definition) is 2. The van der Waals surface area contributed by atoms with Gasteiger partial charge in [0.05, 0.1) is 51.6 Å². The average molecular weight is 467 g/mol. The molecule has 1 saturated heterocycles. The van der Waals surface area contributed by atoms with Crippen LogP contribution in [0.5, 0.6) is 17.2 Å². The Bertz CT molecular complexity index is 1160. The lowest BCUT2D eigenvalue weighted by atomic mass is 10.2. The summed E-state index contributed by atoms with van der Waals surface area (Å²) in [4.78, 5) is 16.4. The first kappa shape index (κ1) is 22.3. The van der Waals surface area contributed by atoms with Gasteiger partial charge in [0.25, 0.3) is 0 Å². The van der Waals surface area contributed by atoms with Gasteiger partial charge in [-0.15, -0.1) is 0 Å². The highest BCUT2D eigenvalue weighted by Crippen LogP contribution is 2.39. The van der Waals surface area contributed by atoms with Crippen molar-refractivity contribution in [2.45, 2.75) is 38.1 Å². The third-order valence-electron chi connectivity index (χ3n) is 6.54. The number of imidazole rings is 1. The summed E-state index contributed by atoms with van der Waals surface area (Å²) in [6.07, 6.45) is 8.62. The van der Waals surface area contributed by atoms with E-state index < -0.39 is 0 Å². The quantitative estimate of drug-likeness (QED) is 0.518. The summed E-state index contributed by atoms with van der Waals surface area (Å²) in [5, 5.41) is 13.1. The van der Waals surface area contributed by atoms with Crippen molar-refractivity contribution in [3.05, 3.63) is 35.9 Å². The third-order valence-corrected chi connectivity index (χ3v) is 6.54. The lowest BCUT2D eigenvalue weighted by molar-refractivity contribution is 0.266. The fraction of sp³-hybridized carbons (Fsp3) is 0.458. The molecular weight excluding hydrogens is 436 g/mol. The van der Waals surface area contributed by atoms with Crippen molar-refractivity contribution in [3.63, 3.8) is 0 Å². The Labute approximate surface area is 198 Å². The highest BCUT2D eigenvalue weighted by Gasteiger charge is 2.30. The van der Waals surface area contributed by atoms with Crippen LogP contribution in [0.15, 0.2) is 24.7 Å². The molecule has 5 rings (SSSR count). The summed E-state index contributed by atoms with van der Waals surface area (Å²) >= 11 is 0. The van der Waals surface area contributed by atoms with E-state index in [0.29, 0.717) is 29.0 Å². The highest BCUT2D eigenvalue weighted by atomic mass is 16.5. The molecule has 3 aromatic rings. The Kier molecular flexibility index (Phi) is 6.14. The van der Waals surface area contributed by atoms with E-state index in [1.165, 1.54) is 5.56 Å². The van der Waals surface area contributed by atoms with Crippen LogP contribution in [0.2, 0.25) is 0 Å². The summed E-state index contributed by atoms with van der Waals surface area (Å²) in [7, 11) is 4.76. The number of hydrogen-bond acceptors (Lipinski definition) is 9. The predicted molar refractivity (Wildman–Crippen MR) is 128 cm³/mol. The lowest BCUT2D eigenvalue weighted by Crippen LogP contribution is -2.33. The number of aromatic nitrogens is 4. The molecule has 34 heavy (non-hydrogen) atoms. The summed E-state index contributed by atoms with van der Waals surface area (Å²) in [6, 6.07) is 3.84. The Morgan fingerprint density at radius 3 is 2.56 bits per heavy atom. The number of rotatable bonds is 8. The second kappa shape index (κ2) is 9.38. The maximum Gasteiger partial charge on any atom is 0.230 e. The van der Waals surface area contributed by atoms with Crippen molar-refractivity contribution in [2.75, 3.05) is 44.7 Å². The van der Waals surface area contributed by atoms with E-state index >= 15 is 0 Å². The number of aryl methyl sites for hydroxylation is 1. The van der Waals surface area contributed by atoms with Gasteiger partial charge in [0, 0.05) is 24.2 Å². The molecule has 0 saturated carbocycles. The van der Waals surface area contributed by atoms with Gasteiger partial charge >= 0.3 is 0 Å². The second-order valence-corrected chi connectivity index (χ2v) is 8.50. The number of nitrogens with one attached hydrogen (secondary N) is 1. The van der Waals surface area contributed by atoms with Gasteiger partial charge in [0.2, 0.25) is 11.7 Å². The molecule has 10 nitrogen and oxygen atoms in total. The van der Waals surface area contributed by atoms with E-state index in [2.05, 4.69) is 15.2 Å². The summed E-state index contributed by atoms with van der Waals surface area (Å²) in [5.41, 5.74) is 3.11. The van der Waals surface area contributed by atoms with E-state index in [1.54, 1.807) is 27.7 Å².